The minimum atomic E-state index is -1.49. The van der Waals surface area contributed by atoms with E-state index in [1.165, 1.54) is 6.08 Å². The molecule has 3 amide bonds. The van der Waals surface area contributed by atoms with Gasteiger partial charge in [-0.25, -0.2) is 24.0 Å². The molecule has 1 N–H and O–H groups in total. The molecule has 12 nitrogen and oxygen atoms in total. The average Bonchev–Trinajstić information content (AvgIpc) is 2.97. The van der Waals surface area contributed by atoms with Crippen molar-refractivity contribution in [3.05, 3.63) is 83.6 Å². The second kappa shape index (κ2) is 16.4. The summed E-state index contributed by atoms with van der Waals surface area (Å²) >= 11 is 0. The van der Waals surface area contributed by atoms with Gasteiger partial charge in [-0.05, 0) is 44.7 Å². The summed E-state index contributed by atoms with van der Waals surface area (Å²) in [6.07, 6.45) is -2.21. The number of benzene rings is 2. The molecule has 0 saturated heterocycles. The Morgan fingerprint density at radius 3 is 1.86 bits per heavy atom. The first-order valence-corrected chi connectivity index (χ1v) is 13.0. The number of nitrogens with one attached hydrogen (secondary N) is 1. The second-order valence-electron chi connectivity index (χ2n) is 9.80. The average molecular weight is 585 g/mol. The van der Waals surface area contributed by atoms with E-state index in [2.05, 4.69) is 5.32 Å². The highest BCUT2D eigenvalue weighted by atomic mass is 16.6. The van der Waals surface area contributed by atoms with Crippen LogP contribution in [0.5, 0.6) is 0 Å². The summed E-state index contributed by atoms with van der Waals surface area (Å²) in [5, 5.41) is 2.31. The van der Waals surface area contributed by atoms with Crippen LogP contribution in [0.3, 0.4) is 0 Å². The Hall–Kier alpha value is -4.87. The number of rotatable bonds is 11. The molecule has 12 heteroatoms. The first-order valence-electron chi connectivity index (χ1n) is 13.0. The Bertz CT molecular complexity index is 1240. The van der Waals surface area contributed by atoms with Crippen molar-refractivity contribution in [3.8, 4) is 0 Å². The zero-order chi connectivity index (χ0) is 31.1. The minimum absolute atomic E-state index is 0.0402. The number of methoxy groups -OCH3 is 2. The summed E-state index contributed by atoms with van der Waals surface area (Å²) < 4.78 is 25.4. The molecule has 42 heavy (non-hydrogen) atoms. The van der Waals surface area contributed by atoms with Crippen LogP contribution >= 0.6 is 0 Å². The zero-order valence-corrected chi connectivity index (χ0v) is 24.3. The van der Waals surface area contributed by atoms with E-state index in [0.29, 0.717) is 10.5 Å². The van der Waals surface area contributed by atoms with E-state index in [0.717, 1.165) is 19.8 Å². The molecule has 226 valence electrons. The Kier molecular flexibility index (Phi) is 13.0. The van der Waals surface area contributed by atoms with Gasteiger partial charge in [-0.15, -0.1) is 0 Å². The normalized spacial score (nSPS) is 11.9. The highest BCUT2D eigenvalue weighted by Gasteiger charge is 2.39. The highest BCUT2D eigenvalue weighted by Crippen LogP contribution is 2.19. The van der Waals surface area contributed by atoms with Crippen molar-refractivity contribution < 1.29 is 47.7 Å². The van der Waals surface area contributed by atoms with Crippen LogP contribution in [0.2, 0.25) is 0 Å². The van der Waals surface area contributed by atoms with E-state index < -0.39 is 41.9 Å². The molecule has 0 fully saturated rings. The molecule has 0 spiro atoms. The summed E-state index contributed by atoms with van der Waals surface area (Å²) in [5.41, 5.74) is 0.117. The Balaban J connectivity index is 2.22. The number of nitrogens with zero attached hydrogens (tertiary/aromatic N) is 1. The van der Waals surface area contributed by atoms with E-state index in [9.17, 15) is 24.0 Å². The summed E-state index contributed by atoms with van der Waals surface area (Å²) in [6, 6.07) is 16.2. The number of carbonyl (C=O) groups is 5. The molecule has 2 aromatic rings. The lowest BCUT2D eigenvalue weighted by Crippen LogP contribution is -2.51. The van der Waals surface area contributed by atoms with Crippen LogP contribution in [0.15, 0.2) is 72.4 Å². The van der Waals surface area contributed by atoms with Gasteiger partial charge in [0.05, 0.1) is 14.2 Å². The summed E-state index contributed by atoms with van der Waals surface area (Å²) in [4.78, 5) is 64.2. The maximum Gasteiger partial charge on any atom is 0.420 e. The molecule has 0 radical (unpaired) electrons. The number of imide groups is 1. The fourth-order valence-corrected chi connectivity index (χ4v) is 3.47. The van der Waals surface area contributed by atoms with E-state index >= 15 is 0 Å². The third kappa shape index (κ3) is 11.3. The molecule has 0 bridgehead atoms. The van der Waals surface area contributed by atoms with Crippen LogP contribution in [0.4, 0.5) is 14.4 Å². The molecule has 2 aromatic carbocycles. The van der Waals surface area contributed by atoms with Gasteiger partial charge in [0.25, 0.3) is 0 Å². The topological polar surface area (TPSA) is 147 Å². The van der Waals surface area contributed by atoms with Gasteiger partial charge in [-0.3, -0.25) is 5.32 Å². The molecule has 0 unspecified atom stereocenters. The lowest BCUT2D eigenvalue weighted by Gasteiger charge is -2.30. The molecule has 0 aliphatic heterocycles. The van der Waals surface area contributed by atoms with Gasteiger partial charge >= 0.3 is 30.2 Å². The largest absolute Gasteiger partial charge is 0.467 e. The van der Waals surface area contributed by atoms with Crippen molar-refractivity contribution in [3.63, 3.8) is 0 Å². The predicted octanol–water partition coefficient (Wildman–Crippen LogP) is 4.87. The van der Waals surface area contributed by atoms with Crippen LogP contribution in [0.1, 0.15) is 44.7 Å². The van der Waals surface area contributed by atoms with Crippen molar-refractivity contribution in [1.29, 1.82) is 0 Å². The highest BCUT2D eigenvalue weighted by molar-refractivity contribution is 5.94. The monoisotopic (exact) mass is 584 g/mol. The number of ether oxygens (including phenoxy) is 5. The van der Waals surface area contributed by atoms with Crippen molar-refractivity contribution in [2.45, 2.75) is 58.5 Å². The molecular weight excluding hydrogens is 548 g/mol. The Morgan fingerprint density at radius 1 is 0.810 bits per heavy atom. The standard InChI is InChI=1S/C30H36N2O10/c1-30(2,3)42-29(37)32(28(36)41-20-22-15-10-7-11-16-22)24(26(34)39-5)18-12-17-23(25(33)38-4)31-27(35)40-19-21-13-8-6-9-14-21/h6-11,13-17,24H,12,18-20H2,1-5H3,(H,31,35)/b23-17+/t24-/m1/s1. The molecule has 0 heterocycles. The third-order valence-electron chi connectivity index (χ3n) is 5.42. The maximum atomic E-state index is 13.1. The minimum Gasteiger partial charge on any atom is -0.467 e. The van der Waals surface area contributed by atoms with Crippen molar-refractivity contribution in [2.75, 3.05) is 14.2 Å². The van der Waals surface area contributed by atoms with Crippen molar-refractivity contribution in [1.82, 2.24) is 10.2 Å². The number of alkyl carbamates (subject to hydrolysis) is 1. The van der Waals surface area contributed by atoms with E-state index in [1.54, 1.807) is 75.4 Å². The number of allylic oxidation sites excluding steroid dienone is 1. The second-order valence-corrected chi connectivity index (χ2v) is 9.80. The van der Waals surface area contributed by atoms with Gasteiger partial charge in [-0.1, -0.05) is 66.7 Å². The summed E-state index contributed by atoms with van der Waals surface area (Å²) in [6.45, 7) is 4.58. The lowest BCUT2D eigenvalue weighted by atomic mass is 10.1. The summed E-state index contributed by atoms with van der Waals surface area (Å²) in [5.74, 6) is -1.81. The number of carbonyl (C=O) groups excluding carboxylic acids is 5. The molecular formula is C30H36N2O10. The van der Waals surface area contributed by atoms with Crippen LogP contribution in [0, 0.1) is 0 Å². The molecule has 0 aromatic heterocycles. The fraction of sp³-hybridized carbons (Fsp3) is 0.367. The van der Waals surface area contributed by atoms with Gasteiger partial charge in [-0.2, -0.15) is 4.90 Å². The van der Waals surface area contributed by atoms with Crippen LogP contribution in [-0.2, 0) is 46.5 Å². The number of hydrogen-bond acceptors (Lipinski definition) is 10. The van der Waals surface area contributed by atoms with Gasteiger partial charge in [0.15, 0.2) is 0 Å². The fourth-order valence-electron chi connectivity index (χ4n) is 3.47. The third-order valence-corrected chi connectivity index (χ3v) is 5.42. The number of hydrogen-bond donors (Lipinski definition) is 1. The van der Waals surface area contributed by atoms with Crippen LogP contribution in [-0.4, -0.2) is 61.0 Å². The van der Waals surface area contributed by atoms with Gasteiger partial charge in [0.2, 0.25) is 0 Å². The Morgan fingerprint density at radius 2 is 1.36 bits per heavy atom. The quantitative estimate of drug-likeness (QED) is 0.220. The van der Waals surface area contributed by atoms with Gasteiger partial charge in [0.1, 0.15) is 30.6 Å². The van der Waals surface area contributed by atoms with Crippen LogP contribution < -0.4 is 5.32 Å². The molecule has 0 saturated carbocycles. The first kappa shape index (κ1) is 33.3. The predicted molar refractivity (Wildman–Crippen MR) is 150 cm³/mol. The summed E-state index contributed by atoms with van der Waals surface area (Å²) in [7, 11) is 2.22. The molecule has 2 rings (SSSR count). The van der Waals surface area contributed by atoms with Crippen LogP contribution in [0.25, 0.3) is 0 Å². The SMILES string of the molecule is COC(=O)/C(=C\CC[C@H](C(=O)OC)N(C(=O)OCc1ccccc1)C(=O)OC(C)(C)C)NC(=O)OCc1ccccc1. The van der Waals surface area contributed by atoms with E-state index in [-0.39, 0.29) is 31.8 Å². The lowest BCUT2D eigenvalue weighted by molar-refractivity contribution is -0.146. The maximum absolute atomic E-state index is 13.1. The number of amides is 3. The van der Waals surface area contributed by atoms with Gasteiger partial charge < -0.3 is 23.7 Å². The smallest absolute Gasteiger partial charge is 0.420 e. The van der Waals surface area contributed by atoms with E-state index in [4.69, 9.17) is 23.7 Å². The van der Waals surface area contributed by atoms with Crippen molar-refractivity contribution in [2.24, 2.45) is 0 Å². The zero-order valence-electron chi connectivity index (χ0n) is 24.3. The van der Waals surface area contributed by atoms with Crippen molar-refractivity contribution >= 4 is 30.2 Å². The van der Waals surface area contributed by atoms with Gasteiger partial charge in [0, 0.05) is 0 Å². The molecule has 1 atom stereocenters. The molecule has 0 aliphatic carbocycles. The Labute approximate surface area is 244 Å². The first-order chi connectivity index (χ1) is 19.9. The number of esters is 2. The molecule has 0 aliphatic rings. The van der Waals surface area contributed by atoms with E-state index in [1.807, 2.05) is 6.07 Å².